The molecule has 1 aromatic heterocycles. The van der Waals surface area contributed by atoms with Gasteiger partial charge in [0, 0.05) is 24.2 Å². The minimum absolute atomic E-state index is 0.266. The lowest BCUT2D eigenvalue weighted by atomic mass is 10.2. The Labute approximate surface area is 148 Å². The lowest BCUT2D eigenvalue weighted by Gasteiger charge is -2.16. The number of ether oxygens (including phenoxy) is 2. The van der Waals surface area contributed by atoms with E-state index in [0.717, 1.165) is 44.7 Å². The molecule has 1 saturated heterocycles. The summed E-state index contributed by atoms with van der Waals surface area (Å²) in [7, 11) is 2.13. The van der Waals surface area contributed by atoms with Gasteiger partial charge in [0.05, 0.1) is 12.6 Å². The van der Waals surface area contributed by atoms with Crippen LogP contribution in [0.1, 0.15) is 35.2 Å². The van der Waals surface area contributed by atoms with E-state index in [0.29, 0.717) is 6.61 Å². The number of aromatic nitrogens is 1. The predicted octanol–water partition coefficient (Wildman–Crippen LogP) is 3.90. The van der Waals surface area contributed by atoms with Crippen LogP contribution in [0.2, 0.25) is 0 Å². The summed E-state index contributed by atoms with van der Waals surface area (Å²) in [4.78, 5) is 8.13. The molecule has 2 aromatic rings. The van der Waals surface area contributed by atoms with Crippen molar-refractivity contribution in [3.8, 4) is 5.75 Å². The van der Waals surface area contributed by atoms with Crippen LogP contribution in [0.15, 0.2) is 30.5 Å². The average Bonchev–Trinajstić information content (AvgIpc) is 3.25. The van der Waals surface area contributed by atoms with Gasteiger partial charge in [-0.15, -0.1) is 11.3 Å². The van der Waals surface area contributed by atoms with Crippen molar-refractivity contribution in [3.63, 3.8) is 0 Å². The molecule has 5 heteroatoms. The number of hydrogen-bond donors (Lipinski definition) is 0. The zero-order chi connectivity index (χ0) is 16.8. The Bertz CT molecular complexity index is 621. The second kappa shape index (κ2) is 8.60. The Morgan fingerprint density at radius 2 is 2.12 bits per heavy atom. The molecule has 0 saturated carbocycles. The molecule has 0 bridgehead atoms. The molecule has 3 rings (SSSR count). The minimum atomic E-state index is 0.266. The molecule has 0 aliphatic carbocycles. The third-order valence-corrected chi connectivity index (χ3v) is 5.32. The van der Waals surface area contributed by atoms with E-state index < -0.39 is 0 Å². The van der Waals surface area contributed by atoms with Crippen LogP contribution in [0.4, 0.5) is 0 Å². The quantitative estimate of drug-likeness (QED) is 0.726. The van der Waals surface area contributed by atoms with Crippen molar-refractivity contribution in [1.82, 2.24) is 9.88 Å². The summed E-state index contributed by atoms with van der Waals surface area (Å²) in [5, 5.41) is 1.19. The average molecular weight is 346 g/mol. The van der Waals surface area contributed by atoms with Crippen LogP contribution in [-0.4, -0.2) is 36.2 Å². The van der Waals surface area contributed by atoms with Gasteiger partial charge in [-0.25, -0.2) is 4.98 Å². The molecule has 130 valence electrons. The molecule has 0 radical (unpaired) electrons. The molecule has 0 spiro atoms. The van der Waals surface area contributed by atoms with Gasteiger partial charge >= 0.3 is 0 Å². The second-order valence-electron chi connectivity index (χ2n) is 6.34. The van der Waals surface area contributed by atoms with E-state index in [1.54, 1.807) is 0 Å². The van der Waals surface area contributed by atoms with E-state index in [1.165, 1.54) is 15.4 Å². The standard InChI is InChI=1S/C19H26N2O2S/c1-3-18-11-20-19(24-18)13-21(2)12-15-6-8-16(9-7-15)23-14-17-5-4-10-22-17/h6-9,11,17H,3-5,10,12-14H2,1-2H3. The number of benzene rings is 1. The van der Waals surface area contributed by atoms with E-state index in [2.05, 4.69) is 48.1 Å². The van der Waals surface area contributed by atoms with Gasteiger partial charge in [-0.1, -0.05) is 19.1 Å². The molecule has 1 aliphatic rings. The molecule has 1 aromatic carbocycles. The van der Waals surface area contributed by atoms with Crippen LogP contribution in [0, 0.1) is 0 Å². The number of hydrogen-bond acceptors (Lipinski definition) is 5. The molecule has 4 nitrogen and oxygen atoms in total. The summed E-state index contributed by atoms with van der Waals surface area (Å²) in [5.41, 5.74) is 1.29. The molecule has 1 unspecified atom stereocenters. The van der Waals surface area contributed by atoms with Crippen molar-refractivity contribution < 1.29 is 9.47 Å². The fraction of sp³-hybridized carbons (Fsp3) is 0.526. The van der Waals surface area contributed by atoms with Crippen LogP contribution >= 0.6 is 11.3 Å². The highest BCUT2D eigenvalue weighted by Gasteiger charge is 2.15. The third kappa shape index (κ3) is 5.03. The second-order valence-corrected chi connectivity index (χ2v) is 7.54. The van der Waals surface area contributed by atoms with Gasteiger partial charge in [-0.3, -0.25) is 4.90 Å². The zero-order valence-electron chi connectivity index (χ0n) is 14.5. The van der Waals surface area contributed by atoms with Gasteiger partial charge in [0.25, 0.3) is 0 Å². The first kappa shape index (κ1) is 17.4. The number of rotatable bonds is 8. The van der Waals surface area contributed by atoms with Crippen LogP contribution in [-0.2, 0) is 24.2 Å². The highest BCUT2D eigenvalue weighted by atomic mass is 32.1. The molecule has 1 aliphatic heterocycles. The molecule has 1 fully saturated rings. The predicted molar refractivity (Wildman–Crippen MR) is 97.6 cm³/mol. The van der Waals surface area contributed by atoms with Crippen LogP contribution in [0.5, 0.6) is 5.75 Å². The summed E-state index contributed by atoms with van der Waals surface area (Å²) in [5.74, 6) is 0.921. The largest absolute Gasteiger partial charge is 0.491 e. The highest BCUT2D eigenvalue weighted by molar-refractivity contribution is 7.11. The van der Waals surface area contributed by atoms with Crippen molar-refractivity contribution in [2.24, 2.45) is 0 Å². The highest BCUT2D eigenvalue weighted by Crippen LogP contribution is 2.19. The van der Waals surface area contributed by atoms with Gasteiger partial charge < -0.3 is 9.47 Å². The molecule has 0 amide bonds. The number of thiazole rings is 1. The normalized spacial score (nSPS) is 17.5. The van der Waals surface area contributed by atoms with E-state index in [9.17, 15) is 0 Å². The van der Waals surface area contributed by atoms with Crippen molar-refractivity contribution in [2.45, 2.75) is 45.4 Å². The van der Waals surface area contributed by atoms with Gasteiger partial charge in [-0.2, -0.15) is 0 Å². The number of aryl methyl sites for hydroxylation is 1. The van der Waals surface area contributed by atoms with Crippen molar-refractivity contribution in [1.29, 1.82) is 0 Å². The van der Waals surface area contributed by atoms with Gasteiger partial charge in [0.15, 0.2) is 0 Å². The first-order valence-electron chi connectivity index (χ1n) is 8.68. The van der Waals surface area contributed by atoms with Crippen LogP contribution < -0.4 is 4.74 Å². The maximum Gasteiger partial charge on any atom is 0.119 e. The lowest BCUT2D eigenvalue weighted by Crippen LogP contribution is -2.17. The first-order valence-corrected chi connectivity index (χ1v) is 9.50. The Balaban J connectivity index is 1.46. The van der Waals surface area contributed by atoms with Crippen LogP contribution in [0.25, 0.3) is 0 Å². The van der Waals surface area contributed by atoms with Crippen molar-refractivity contribution >= 4 is 11.3 Å². The summed E-state index contributed by atoms with van der Waals surface area (Å²) in [6.45, 7) is 5.50. The van der Waals surface area contributed by atoms with Crippen molar-refractivity contribution in [3.05, 3.63) is 45.9 Å². The monoisotopic (exact) mass is 346 g/mol. The van der Waals surface area contributed by atoms with E-state index in [-0.39, 0.29) is 6.10 Å². The number of nitrogens with zero attached hydrogens (tertiary/aromatic N) is 2. The Hall–Kier alpha value is -1.43. The molecular formula is C19H26N2O2S. The maximum absolute atomic E-state index is 5.81. The van der Waals surface area contributed by atoms with Gasteiger partial charge in [-0.05, 0) is 44.0 Å². The van der Waals surface area contributed by atoms with E-state index in [1.807, 2.05) is 17.5 Å². The molecule has 1 atom stereocenters. The van der Waals surface area contributed by atoms with E-state index in [4.69, 9.17) is 9.47 Å². The summed E-state index contributed by atoms with van der Waals surface area (Å²) in [6, 6.07) is 8.38. The topological polar surface area (TPSA) is 34.6 Å². The summed E-state index contributed by atoms with van der Waals surface area (Å²) >= 11 is 1.81. The smallest absolute Gasteiger partial charge is 0.119 e. The van der Waals surface area contributed by atoms with E-state index >= 15 is 0 Å². The zero-order valence-corrected chi connectivity index (χ0v) is 15.3. The summed E-state index contributed by atoms with van der Waals surface area (Å²) in [6.07, 6.45) is 5.59. The van der Waals surface area contributed by atoms with Crippen LogP contribution in [0.3, 0.4) is 0 Å². The minimum Gasteiger partial charge on any atom is -0.491 e. The molecule has 24 heavy (non-hydrogen) atoms. The Morgan fingerprint density at radius 1 is 1.29 bits per heavy atom. The Morgan fingerprint density at radius 3 is 2.79 bits per heavy atom. The fourth-order valence-corrected chi connectivity index (χ4v) is 3.78. The fourth-order valence-electron chi connectivity index (χ4n) is 2.84. The summed E-state index contributed by atoms with van der Waals surface area (Å²) < 4.78 is 11.4. The lowest BCUT2D eigenvalue weighted by molar-refractivity contribution is 0.0679. The third-order valence-electron chi connectivity index (χ3n) is 4.19. The molecular weight excluding hydrogens is 320 g/mol. The van der Waals surface area contributed by atoms with Gasteiger partial charge in [0.2, 0.25) is 0 Å². The maximum atomic E-state index is 5.81. The SMILES string of the molecule is CCc1cnc(CN(C)Cc2ccc(OCC3CCCO3)cc2)s1. The van der Waals surface area contributed by atoms with Gasteiger partial charge in [0.1, 0.15) is 17.4 Å². The molecule has 2 heterocycles. The first-order chi connectivity index (χ1) is 11.7. The Kier molecular flexibility index (Phi) is 6.24. The van der Waals surface area contributed by atoms with Crippen molar-refractivity contribution in [2.75, 3.05) is 20.3 Å². The molecule has 0 N–H and O–H groups in total.